The maximum absolute atomic E-state index is 12.0. The Kier molecular flexibility index (Phi) is 4.04. The lowest BCUT2D eigenvalue weighted by atomic mass is 9.81. The molecule has 0 aromatic rings. The van der Waals surface area contributed by atoms with Crippen molar-refractivity contribution in [2.24, 2.45) is 5.92 Å². The van der Waals surface area contributed by atoms with Crippen LogP contribution in [0.2, 0.25) is 0 Å². The van der Waals surface area contributed by atoms with Gasteiger partial charge in [-0.1, -0.05) is 38.5 Å². The van der Waals surface area contributed by atoms with Crippen LogP contribution in [0, 0.1) is 17.2 Å². The first-order valence-electron chi connectivity index (χ1n) is 6.99. The molecule has 2 rings (SSSR count). The van der Waals surface area contributed by atoms with Gasteiger partial charge in [-0.2, -0.15) is 5.26 Å². The molecule has 0 spiro atoms. The van der Waals surface area contributed by atoms with E-state index in [1.165, 1.54) is 19.3 Å². The van der Waals surface area contributed by atoms with Gasteiger partial charge in [-0.3, -0.25) is 4.79 Å². The van der Waals surface area contributed by atoms with Crippen LogP contribution < -0.4 is 5.32 Å². The third kappa shape index (κ3) is 3.00. The average molecular weight is 234 g/mol. The van der Waals surface area contributed by atoms with E-state index in [0.29, 0.717) is 0 Å². The normalized spacial score (nSPS) is 24.9. The highest BCUT2D eigenvalue weighted by Crippen LogP contribution is 2.30. The van der Waals surface area contributed by atoms with Crippen LogP contribution in [0.5, 0.6) is 0 Å². The van der Waals surface area contributed by atoms with Crippen LogP contribution in [0.4, 0.5) is 0 Å². The molecule has 94 valence electrons. The van der Waals surface area contributed by atoms with Crippen molar-refractivity contribution in [2.75, 3.05) is 0 Å². The lowest BCUT2D eigenvalue weighted by Gasteiger charge is -2.33. The second kappa shape index (κ2) is 5.53. The molecule has 17 heavy (non-hydrogen) atoms. The van der Waals surface area contributed by atoms with E-state index in [4.69, 9.17) is 0 Å². The Balaban J connectivity index is 1.96. The Morgan fingerprint density at radius 2 is 1.65 bits per heavy atom. The second-order valence-corrected chi connectivity index (χ2v) is 5.58. The minimum atomic E-state index is -0.562. The first kappa shape index (κ1) is 12.4. The van der Waals surface area contributed by atoms with Crippen molar-refractivity contribution >= 4 is 5.91 Å². The predicted octanol–water partition coefficient (Wildman–Crippen LogP) is 2.91. The van der Waals surface area contributed by atoms with Gasteiger partial charge in [0.2, 0.25) is 5.91 Å². The molecule has 0 saturated heterocycles. The Hall–Kier alpha value is -1.04. The fraction of sp³-hybridized carbons (Fsp3) is 0.857. The summed E-state index contributed by atoms with van der Waals surface area (Å²) < 4.78 is 0. The predicted molar refractivity (Wildman–Crippen MR) is 66.1 cm³/mol. The molecule has 0 aromatic carbocycles. The summed E-state index contributed by atoms with van der Waals surface area (Å²) in [6.45, 7) is 0. The van der Waals surface area contributed by atoms with E-state index in [1.54, 1.807) is 0 Å². The van der Waals surface area contributed by atoms with Crippen molar-refractivity contribution in [1.82, 2.24) is 5.32 Å². The molecule has 2 aliphatic carbocycles. The Morgan fingerprint density at radius 3 is 2.12 bits per heavy atom. The smallest absolute Gasteiger partial charge is 0.224 e. The molecule has 0 bridgehead atoms. The number of nitrogens with one attached hydrogen (secondary N) is 1. The Labute approximate surface area is 104 Å². The highest BCUT2D eigenvalue weighted by Gasteiger charge is 2.35. The zero-order chi connectivity index (χ0) is 12.1. The highest BCUT2D eigenvalue weighted by atomic mass is 16.2. The first-order chi connectivity index (χ1) is 8.26. The molecule has 0 heterocycles. The number of nitriles is 1. The average Bonchev–Trinajstić information content (AvgIpc) is 2.20. The molecule has 0 aromatic heterocycles. The molecule has 0 unspecified atom stereocenters. The van der Waals surface area contributed by atoms with Gasteiger partial charge in [0, 0.05) is 5.92 Å². The van der Waals surface area contributed by atoms with Crippen molar-refractivity contribution < 1.29 is 4.79 Å². The fourth-order valence-electron chi connectivity index (χ4n) is 2.78. The number of carbonyl (C=O) groups is 1. The molecule has 0 aliphatic heterocycles. The largest absolute Gasteiger partial charge is 0.338 e. The van der Waals surface area contributed by atoms with Crippen LogP contribution in [0.25, 0.3) is 0 Å². The van der Waals surface area contributed by atoms with E-state index in [2.05, 4.69) is 11.4 Å². The van der Waals surface area contributed by atoms with Crippen LogP contribution in [-0.4, -0.2) is 11.4 Å². The molecular weight excluding hydrogens is 212 g/mol. The topological polar surface area (TPSA) is 52.9 Å². The standard InChI is InChI=1S/C14H22N2O/c15-11-14(9-4-2-1-3-5-10-14)16-13(17)12-7-6-8-12/h12H,1-10H2,(H,16,17). The monoisotopic (exact) mass is 234 g/mol. The van der Waals surface area contributed by atoms with Crippen LogP contribution in [0.15, 0.2) is 0 Å². The summed E-state index contributed by atoms with van der Waals surface area (Å²) in [6, 6.07) is 2.39. The minimum absolute atomic E-state index is 0.123. The van der Waals surface area contributed by atoms with Gasteiger partial charge in [0.1, 0.15) is 5.54 Å². The molecule has 2 fully saturated rings. The number of hydrogen-bond donors (Lipinski definition) is 1. The maximum atomic E-state index is 12.0. The highest BCUT2D eigenvalue weighted by molar-refractivity contribution is 5.80. The van der Waals surface area contributed by atoms with E-state index >= 15 is 0 Å². The summed E-state index contributed by atoms with van der Waals surface area (Å²) >= 11 is 0. The maximum Gasteiger partial charge on any atom is 0.224 e. The van der Waals surface area contributed by atoms with Gasteiger partial charge in [-0.15, -0.1) is 0 Å². The molecule has 3 heteroatoms. The number of nitrogens with zero attached hydrogens (tertiary/aromatic N) is 1. The van der Waals surface area contributed by atoms with Gasteiger partial charge < -0.3 is 5.32 Å². The minimum Gasteiger partial charge on any atom is -0.338 e. The van der Waals surface area contributed by atoms with Crippen molar-refractivity contribution in [3.8, 4) is 6.07 Å². The Morgan fingerprint density at radius 1 is 1.06 bits per heavy atom. The van der Waals surface area contributed by atoms with Gasteiger partial charge in [-0.25, -0.2) is 0 Å². The van der Waals surface area contributed by atoms with E-state index < -0.39 is 5.54 Å². The fourth-order valence-corrected chi connectivity index (χ4v) is 2.78. The van der Waals surface area contributed by atoms with Crippen molar-refractivity contribution in [1.29, 1.82) is 5.26 Å². The van der Waals surface area contributed by atoms with Gasteiger partial charge in [0.15, 0.2) is 0 Å². The lowest BCUT2D eigenvalue weighted by molar-refractivity contribution is -0.129. The van der Waals surface area contributed by atoms with E-state index in [0.717, 1.165) is 44.9 Å². The lowest BCUT2D eigenvalue weighted by Crippen LogP contribution is -2.50. The van der Waals surface area contributed by atoms with Crippen LogP contribution >= 0.6 is 0 Å². The zero-order valence-electron chi connectivity index (χ0n) is 10.5. The molecule has 0 radical (unpaired) electrons. The number of rotatable bonds is 2. The molecule has 0 atom stereocenters. The SMILES string of the molecule is N#CC1(NC(=O)C2CCC2)CCCCCCC1. The van der Waals surface area contributed by atoms with Gasteiger partial charge in [-0.05, 0) is 25.7 Å². The molecular formula is C14H22N2O. The third-order valence-electron chi connectivity index (χ3n) is 4.26. The first-order valence-corrected chi connectivity index (χ1v) is 6.99. The molecule has 2 saturated carbocycles. The summed E-state index contributed by atoms with van der Waals surface area (Å²) in [7, 11) is 0. The van der Waals surface area contributed by atoms with Gasteiger partial charge in [0.05, 0.1) is 6.07 Å². The number of hydrogen-bond acceptors (Lipinski definition) is 2. The van der Waals surface area contributed by atoms with Crippen molar-refractivity contribution in [3.63, 3.8) is 0 Å². The van der Waals surface area contributed by atoms with Crippen LogP contribution in [0.1, 0.15) is 64.2 Å². The summed E-state index contributed by atoms with van der Waals surface area (Å²) in [6.07, 6.45) is 10.7. The Bertz CT molecular complexity index is 307. The molecule has 3 nitrogen and oxygen atoms in total. The van der Waals surface area contributed by atoms with Crippen molar-refractivity contribution in [2.45, 2.75) is 69.7 Å². The zero-order valence-corrected chi connectivity index (χ0v) is 10.5. The van der Waals surface area contributed by atoms with Crippen molar-refractivity contribution in [3.05, 3.63) is 0 Å². The second-order valence-electron chi connectivity index (χ2n) is 5.58. The van der Waals surface area contributed by atoms with E-state index in [9.17, 15) is 10.1 Å². The molecule has 1 N–H and O–H groups in total. The van der Waals surface area contributed by atoms with E-state index in [-0.39, 0.29) is 11.8 Å². The van der Waals surface area contributed by atoms with Gasteiger partial charge >= 0.3 is 0 Å². The number of amides is 1. The van der Waals surface area contributed by atoms with E-state index in [1.807, 2.05) is 0 Å². The number of carbonyl (C=O) groups excluding carboxylic acids is 1. The summed E-state index contributed by atoms with van der Waals surface area (Å²) in [4.78, 5) is 12.0. The molecule has 2 aliphatic rings. The summed E-state index contributed by atoms with van der Waals surface area (Å²) in [5.41, 5.74) is -0.562. The quantitative estimate of drug-likeness (QED) is 0.798. The van der Waals surface area contributed by atoms with Crippen LogP contribution in [0.3, 0.4) is 0 Å². The molecule has 1 amide bonds. The third-order valence-corrected chi connectivity index (χ3v) is 4.26. The summed E-state index contributed by atoms with van der Waals surface area (Å²) in [5, 5.41) is 12.5. The van der Waals surface area contributed by atoms with Crippen LogP contribution in [-0.2, 0) is 4.79 Å². The van der Waals surface area contributed by atoms with Gasteiger partial charge in [0.25, 0.3) is 0 Å². The summed E-state index contributed by atoms with van der Waals surface area (Å²) in [5.74, 6) is 0.309.